The molecular weight excluding hydrogens is 394 g/mol. The fourth-order valence-corrected chi connectivity index (χ4v) is 4.01. The molecule has 0 radical (unpaired) electrons. The number of carbonyl (C=O) groups excluding carboxylic acids is 1. The van der Waals surface area contributed by atoms with E-state index < -0.39 is 6.09 Å². The van der Waals surface area contributed by atoms with Crippen LogP contribution in [0.15, 0.2) is 36.7 Å². The molecule has 0 saturated carbocycles. The molecule has 9 nitrogen and oxygen atoms in total. The fraction of sp³-hybridized carbons (Fsp3) is 0.263. The molecule has 2 aromatic heterocycles. The summed E-state index contributed by atoms with van der Waals surface area (Å²) in [6.07, 6.45) is 2.46. The van der Waals surface area contributed by atoms with Crippen LogP contribution >= 0.6 is 11.3 Å². The van der Waals surface area contributed by atoms with Crippen LogP contribution in [0, 0.1) is 0 Å². The molecule has 4 rings (SSSR count). The molecule has 10 heteroatoms. The summed E-state index contributed by atoms with van der Waals surface area (Å²) in [5, 5.41) is 12.3. The minimum absolute atomic E-state index is 0.272. The van der Waals surface area contributed by atoms with Crippen molar-refractivity contribution in [3.05, 3.63) is 36.7 Å². The van der Waals surface area contributed by atoms with Crippen LogP contribution in [-0.4, -0.2) is 70.3 Å². The van der Waals surface area contributed by atoms with Gasteiger partial charge >= 0.3 is 12.1 Å². The lowest BCUT2D eigenvalue weighted by Gasteiger charge is -2.32. The van der Waals surface area contributed by atoms with Crippen molar-refractivity contribution in [2.24, 2.45) is 0 Å². The highest BCUT2D eigenvalue weighted by molar-refractivity contribution is 7.22. The van der Waals surface area contributed by atoms with Crippen LogP contribution in [0.2, 0.25) is 0 Å². The molecule has 3 heterocycles. The summed E-state index contributed by atoms with van der Waals surface area (Å²) in [6.45, 7) is 1.33. The number of ether oxygens (including phenoxy) is 1. The zero-order valence-corrected chi connectivity index (χ0v) is 16.5. The third-order valence-corrected chi connectivity index (χ3v) is 5.66. The Kier molecular flexibility index (Phi) is 5.17. The van der Waals surface area contributed by atoms with Crippen molar-refractivity contribution in [1.82, 2.24) is 19.8 Å². The number of anilines is 1. The molecule has 3 aromatic rings. The maximum atomic E-state index is 12.5. The first kappa shape index (κ1) is 18.9. The second-order valence-corrected chi connectivity index (χ2v) is 7.53. The number of amides is 3. The number of benzene rings is 1. The molecule has 150 valence electrons. The Morgan fingerprint density at radius 2 is 1.86 bits per heavy atom. The lowest BCUT2D eigenvalue weighted by molar-refractivity contribution is 0.115. The van der Waals surface area contributed by atoms with Crippen LogP contribution in [0.25, 0.3) is 21.3 Å². The minimum Gasteiger partial charge on any atom is -0.495 e. The summed E-state index contributed by atoms with van der Waals surface area (Å²) < 4.78 is 6.17. The molecule has 0 spiro atoms. The second kappa shape index (κ2) is 7.92. The molecule has 0 bridgehead atoms. The van der Waals surface area contributed by atoms with E-state index in [2.05, 4.69) is 15.3 Å². The Morgan fingerprint density at radius 1 is 1.10 bits per heavy atom. The van der Waals surface area contributed by atoms with Crippen LogP contribution < -0.4 is 10.1 Å². The van der Waals surface area contributed by atoms with E-state index >= 15 is 0 Å². The first-order valence-electron chi connectivity index (χ1n) is 8.97. The summed E-state index contributed by atoms with van der Waals surface area (Å²) in [7, 11) is 1.60. The van der Waals surface area contributed by atoms with Crippen LogP contribution in [0.3, 0.4) is 0 Å². The van der Waals surface area contributed by atoms with Gasteiger partial charge in [-0.25, -0.2) is 14.6 Å². The quantitative estimate of drug-likeness (QED) is 0.683. The highest BCUT2D eigenvalue weighted by Crippen LogP contribution is 2.31. The zero-order chi connectivity index (χ0) is 20.4. The number of fused-ring (bicyclic) bond motifs is 1. The van der Waals surface area contributed by atoms with E-state index in [1.807, 2.05) is 24.3 Å². The van der Waals surface area contributed by atoms with E-state index in [1.54, 1.807) is 24.4 Å². The number of rotatable bonds is 3. The lowest BCUT2D eigenvalue weighted by Crippen LogP contribution is -2.51. The van der Waals surface area contributed by atoms with Crippen molar-refractivity contribution >= 4 is 38.8 Å². The largest absolute Gasteiger partial charge is 0.495 e. The monoisotopic (exact) mass is 413 g/mol. The van der Waals surface area contributed by atoms with Crippen LogP contribution in [0.5, 0.6) is 5.75 Å². The van der Waals surface area contributed by atoms with Gasteiger partial charge in [0.05, 0.1) is 23.5 Å². The predicted molar refractivity (Wildman–Crippen MR) is 110 cm³/mol. The minimum atomic E-state index is -0.960. The first-order chi connectivity index (χ1) is 14.0. The van der Waals surface area contributed by atoms with Gasteiger partial charge in [0, 0.05) is 37.9 Å². The molecule has 1 aromatic carbocycles. The third kappa shape index (κ3) is 4.06. The molecule has 3 amide bonds. The van der Waals surface area contributed by atoms with E-state index in [9.17, 15) is 9.59 Å². The highest BCUT2D eigenvalue weighted by atomic mass is 32.1. The van der Waals surface area contributed by atoms with Gasteiger partial charge in [-0.2, -0.15) is 0 Å². The maximum Gasteiger partial charge on any atom is 0.407 e. The molecule has 1 fully saturated rings. The number of carbonyl (C=O) groups is 2. The third-order valence-electron chi connectivity index (χ3n) is 4.72. The number of thiazole rings is 1. The van der Waals surface area contributed by atoms with E-state index in [0.29, 0.717) is 37.1 Å². The molecule has 1 aliphatic rings. The average molecular weight is 413 g/mol. The van der Waals surface area contributed by atoms with Gasteiger partial charge in [-0.1, -0.05) is 17.4 Å². The Bertz CT molecular complexity index is 1060. The lowest BCUT2D eigenvalue weighted by atomic mass is 10.1. The van der Waals surface area contributed by atoms with E-state index in [4.69, 9.17) is 9.84 Å². The van der Waals surface area contributed by atoms with Gasteiger partial charge in [0.15, 0.2) is 5.13 Å². The van der Waals surface area contributed by atoms with Crippen LogP contribution in [0.1, 0.15) is 0 Å². The second-order valence-electron chi connectivity index (χ2n) is 6.50. The average Bonchev–Trinajstić information content (AvgIpc) is 3.15. The number of piperazine rings is 1. The molecule has 29 heavy (non-hydrogen) atoms. The Hall–Kier alpha value is -3.40. The molecule has 0 aliphatic carbocycles. The van der Waals surface area contributed by atoms with Crippen molar-refractivity contribution < 1.29 is 19.4 Å². The van der Waals surface area contributed by atoms with Crippen LogP contribution in [-0.2, 0) is 0 Å². The van der Waals surface area contributed by atoms with Gasteiger partial charge in [-0.3, -0.25) is 10.3 Å². The van der Waals surface area contributed by atoms with Crippen molar-refractivity contribution in [3.8, 4) is 16.9 Å². The number of hydrogen-bond acceptors (Lipinski definition) is 6. The van der Waals surface area contributed by atoms with Gasteiger partial charge < -0.3 is 19.6 Å². The smallest absolute Gasteiger partial charge is 0.407 e. The number of carboxylic acid groups (broad SMARTS) is 1. The molecule has 0 atom stereocenters. The molecule has 0 unspecified atom stereocenters. The molecule has 1 aliphatic heterocycles. The maximum absolute atomic E-state index is 12.5. The Balaban J connectivity index is 1.48. The standard InChI is InChI=1S/C19H19N5O4S/c1-28-14-8-13(10-20-11-14)12-2-3-15-16(9-12)29-17(21-15)22-18(25)23-4-6-24(7-5-23)19(26)27/h2-3,8-11H,4-7H2,1H3,(H,26,27)(H,21,22,25). The Labute approximate surface area is 170 Å². The number of aromatic nitrogens is 2. The normalized spacial score (nSPS) is 14.1. The van der Waals surface area contributed by atoms with Gasteiger partial charge in [0.25, 0.3) is 0 Å². The summed E-state index contributed by atoms with van der Waals surface area (Å²) in [5.74, 6) is 0.683. The predicted octanol–water partition coefficient (Wildman–Crippen LogP) is 3.19. The SMILES string of the molecule is COc1cncc(-c2ccc3nc(NC(=O)N4CCN(C(=O)O)CC4)sc3c2)c1. The zero-order valence-electron chi connectivity index (χ0n) is 15.7. The summed E-state index contributed by atoms with van der Waals surface area (Å²) in [5.41, 5.74) is 2.71. The van der Waals surface area contributed by atoms with Crippen molar-refractivity contribution in [1.29, 1.82) is 0 Å². The van der Waals surface area contributed by atoms with E-state index in [1.165, 1.54) is 16.2 Å². The summed E-state index contributed by atoms with van der Waals surface area (Å²) in [6, 6.07) is 7.50. The number of hydrogen-bond donors (Lipinski definition) is 2. The van der Waals surface area contributed by atoms with Gasteiger partial charge in [-0.15, -0.1) is 0 Å². The van der Waals surface area contributed by atoms with Crippen LogP contribution in [0.4, 0.5) is 14.7 Å². The Morgan fingerprint density at radius 3 is 2.59 bits per heavy atom. The van der Waals surface area contributed by atoms with E-state index in [-0.39, 0.29) is 6.03 Å². The van der Waals surface area contributed by atoms with Gasteiger partial charge in [-0.05, 0) is 23.8 Å². The van der Waals surface area contributed by atoms with E-state index in [0.717, 1.165) is 21.3 Å². The van der Waals surface area contributed by atoms with Crippen molar-refractivity contribution in [2.75, 3.05) is 38.6 Å². The summed E-state index contributed by atoms with van der Waals surface area (Å²) in [4.78, 5) is 35.0. The van der Waals surface area contributed by atoms with Gasteiger partial charge in [0.2, 0.25) is 0 Å². The number of nitrogens with zero attached hydrogens (tertiary/aromatic N) is 4. The molecule has 2 N–H and O–H groups in total. The number of methoxy groups -OCH3 is 1. The summed E-state index contributed by atoms with van der Waals surface area (Å²) >= 11 is 1.39. The fourth-order valence-electron chi connectivity index (χ4n) is 3.12. The topological polar surface area (TPSA) is 108 Å². The number of urea groups is 1. The number of pyridine rings is 1. The van der Waals surface area contributed by atoms with Crippen molar-refractivity contribution in [2.45, 2.75) is 0 Å². The van der Waals surface area contributed by atoms with Crippen molar-refractivity contribution in [3.63, 3.8) is 0 Å². The molecular formula is C19H19N5O4S. The highest BCUT2D eigenvalue weighted by Gasteiger charge is 2.24. The van der Waals surface area contributed by atoms with Gasteiger partial charge in [0.1, 0.15) is 5.75 Å². The number of nitrogens with one attached hydrogen (secondary N) is 1. The first-order valence-corrected chi connectivity index (χ1v) is 9.79. The molecule has 1 saturated heterocycles.